The molecule has 0 saturated carbocycles. The molecule has 3 aromatic rings. The molecule has 0 unspecified atom stereocenters. The highest BCUT2D eigenvalue weighted by Crippen LogP contribution is 2.28. The van der Waals surface area contributed by atoms with Crippen LogP contribution in [0, 0.1) is 0 Å². The number of carbonyl (C=O) groups is 2. The van der Waals surface area contributed by atoms with Gasteiger partial charge in [-0.3, -0.25) is 9.59 Å². The molecular formula is C20H20N4O2. The first-order valence-corrected chi connectivity index (χ1v) is 8.62. The molecular weight excluding hydrogens is 328 g/mol. The van der Waals surface area contributed by atoms with Crippen LogP contribution in [0.1, 0.15) is 28.4 Å². The number of amides is 1. The molecule has 0 fully saturated rings. The minimum Gasteiger partial charge on any atom is -0.333 e. The average molecular weight is 348 g/mol. The lowest BCUT2D eigenvalue weighted by molar-refractivity contribution is -0.133. The van der Waals surface area contributed by atoms with Gasteiger partial charge in [0.05, 0.1) is 17.8 Å². The SMILES string of the molecule is CC(=O)n1ncc2c3c(ccc21)C[C@@H](N)C(=O)N(Cc1ccccc1)C3. The molecule has 26 heavy (non-hydrogen) atoms. The lowest BCUT2D eigenvalue weighted by atomic mass is 9.99. The van der Waals surface area contributed by atoms with Gasteiger partial charge < -0.3 is 10.6 Å². The fourth-order valence-electron chi connectivity index (χ4n) is 3.60. The Bertz CT molecular complexity index is 994. The van der Waals surface area contributed by atoms with E-state index in [2.05, 4.69) is 5.10 Å². The Morgan fingerprint density at radius 2 is 2.00 bits per heavy atom. The van der Waals surface area contributed by atoms with E-state index in [9.17, 15) is 9.59 Å². The number of aromatic nitrogens is 2. The second kappa shape index (κ2) is 6.38. The standard InChI is InChI=1S/C20H20N4O2/c1-13(25)24-19-8-7-15-9-18(21)20(26)23(11-14-5-3-2-4-6-14)12-17(15)16(19)10-22-24/h2-8,10,18H,9,11-12,21H2,1H3/t18-/m1/s1. The number of hydrogen-bond donors (Lipinski definition) is 1. The number of fused-ring (bicyclic) bond motifs is 3. The van der Waals surface area contributed by atoms with Crippen LogP contribution in [-0.4, -0.2) is 32.5 Å². The summed E-state index contributed by atoms with van der Waals surface area (Å²) in [6, 6.07) is 13.1. The fraction of sp³-hybridized carbons (Fsp3) is 0.250. The van der Waals surface area contributed by atoms with Crippen molar-refractivity contribution in [2.45, 2.75) is 32.5 Å². The van der Waals surface area contributed by atoms with Gasteiger partial charge >= 0.3 is 0 Å². The minimum atomic E-state index is -0.569. The predicted molar refractivity (Wildman–Crippen MR) is 98.4 cm³/mol. The third kappa shape index (κ3) is 2.78. The molecule has 4 rings (SSSR count). The smallest absolute Gasteiger partial charge is 0.244 e. The molecule has 1 aromatic heterocycles. The largest absolute Gasteiger partial charge is 0.333 e. The van der Waals surface area contributed by atoms with E-state index in [1.54, 1.807) is 11.1 Å². The summed E-state index contributed by atoms with van der Waals surface area (Å²) in [7, 11) is 0. The second-order valence-corrected chi connectivity index (χ2v) is 6.70. The number of carbonyl (C=O) groups excluding carboxylic acids is 2. The Balaban J connectivity index is 1.78. The third-order valence-corrected chi connectivity index (χ3v) is 4.89. The molecule has 2 heterocycles. The summed E-state index contributed by atoms with van der Waals surface area (Å²) >= 11 is 0. The van der Waals surface area contributed by atoms with Crippen LogP contribution < -0.4 is 5.73 Å². The van der Waals surface area contributed by atoms with Crippen LogP contribution >= 0.6 is 0 Å². The number of benzene rings is 2. The molecule has 0 spiro atoms. The summed E-state index contributed by atoms with van der Waals surface area (Å²) in [6.45, 7) is 2.45. The minimum absolute atomic E-state index is 0.0582. The van der Waals surface area contributed by atoms with E-state index in [4.69, 9.17) is 5.73 Å². The van der Waals surface area contributed by atoms with E-state index in [0.29, 0.717) is 19.5 Å². The van der Waals surface area contributed by atoms with Gasteiger partial charge in [-0.15, -0.1) is 0 Å². The summed E-state index contributed by atoms with van der Waals surface area (Å²) in [4.78, 5) is 26.4. The van der Waals surface area contributed by atoms with E-state index in [1.807, 2.05) is 42.5 Å². The van der Waals surface area contributed by atoms with Gasteiger partial charge in [-0.1, -0.05) is 36.4 Å². The number of rotatable bonds is 2. The van der Waals surface area contributed by atoms with Crippen molar-refractivity contribution >= 4 is 22.7 Å². The zero-order chi connectivity index (χ0) is 18.3. The zero-order valence-corrected chi connectivity index (χ0v) is 14.6. The first kappa shape index (κ1) is 16.5. The zero-order valence-electron chi connectivity index (χ0n) is 14.6. The molecule has 2 aromatic carbocycles. The van der Waals surface area contributed by atoms with Gasteiger partial charge in [-0.05, 0) is 29.2 Å². The molecule has 1 atom stereocenters. The number of nitrogens with zero attached hydrogens (tertiary/aromatic N) is 3. The Morgan fingerprint density at radius 3 is 2.73 bits per heavy atom. The lowest BCUT2D eigenvalue weighted by Crippen LogP contribution is -2.42. The van der Waals surface area contributed by atoms with Crippen molar-refractivity contribution in [2.24, 2.45) is 5.73 Å². The molecule has 1 aliphatic heterocycles. The van der Waals surface area contributed by atoms with E-state index < -0.39 is 6.04 Å². The van der Waals surface area contributed by atoms with Gasteiger partial charge in [0.25, 0.3) is 0 Å². The maximum Gasteiger partial charge on any atom is 0.244 e. The summed E-state index contributed by atoms with van der Waals surface area (Å²) in [5.74, 6) is -0.195. The Hall–Kier alpha value is -2.99. The van der Waals surface area contributed by atoms with Crippen molar-refractivity contribution in [2.75, 3.05) is 0 Å². The molecule has 6 heteroatoms. The molecule has 0 saturated heterocycles. The first-order chi connectivity index (χ1) is 12.5. The lowest BCUT2D eigenvalue weighted by Gasteiger charge is -2.23. The first-order valence-electron chi connectivity index (χ1n) is 8.62. The fourth-order valence-corrected chi connectivity index (χ4v) is 3.60. The van der Waals surface area contributed by atoms with Crippen LogP contribution in [0.3, 0.4) is 0 Å². The third-order valence-electron chi connectivity index (χ3n) is 4.89. The number of hydrogen-bond acceptors (Lipinski definition) is 4. The summed E-state index contributed by atoms with van der Waals surface area (Å²) < 4.78 is 1.39. The van der Waals surface area contributed by atoms with E-state index in [0.717, 1.165) is 27.6 Å². The molecule has 1 amide bonds. The topological polar surface area (TPSA) is 81.2 Å². The van der Waals surface area contributed by atoms with Crippen molar-refractivity contribution in [3.8, 4) is 0 Å². The summed E-state index contributed by atoms with van der Waals surface area (Å²) in [6.07, 6.45) is 2.19. The molecule has 132 valence electrons. The van der Waals surface area contributed by atoms with Crippen molar-refractivity contribution in [3.63, 3.8) is 0 Å². The number of nitrogens with two attached hydrogens (primary N) is 1. The Kier molecular flexibility index (Phi) is 4.05. The molecule has 0 bridgehead atoms. The Morgan fingerprint density at radius 1 is 1.23 bits per heavy atom. The highest BCUT2D eigenvalue weighted by molar-refractivity contribution is 5.93. The van der Waals surface area contributed by atoms with Gasteiger partial charge in [0, 0.05) is 25.4 Å². The molecule has 0 aliphatic carbocycles. The maximum absolute atomic E-state index is 12.8. The van der Waals surface area contributed by atoms with Gasteiger partial charge in [0.2, 0.25) is 11.8 Å². The maximum atomic E-state index is 12.8. The van der Waals surface area contributed by atoms with Crippen molar-refractivity contribution < 1.29 is 9.59 Å². The normalized spacial score (nSPS) is 17.2. The average Bonchev–Trinajstić information content (AvgIpc) is 3.03. The van der Waals surface area contributed by atoms with Crippen LogP contribution in [0.25, 0.3) is 10.9 Å². The summed E-state index contributed by atoms with van der Waals surface area (Å²) in [5, 5.41) is 5.11. The highest BCUT2D eigenvalue weighted by Gasteiger charge is 2.28. The van der Waals surface area contributed by atoms with Gasteiger partial charge in [-0.2, -0.15) is 5.10 Å². The van der Waals surface area contributed by atoms with E-state index in [1.165, 1.54) is 11.6 Å². The molecule has 2 N–H and O–H groups in total. The monoisotopic (exact) mass is 348 g/mol. The van der Waals surface area contributed by atoms with E-state index >= 15 is 0 Å². The van der Waals surface area contributed by atoms with Crippen molar-refractivity contribution in [1.82, 2.24) is 14.7 Å². The van der Waals surface area contributed by atoms with Crippen LogP contribution in [0.15, 0.2) is 48.7 Å². The quantitative estimate of drug-likeness (QED) is 0.769. The second-order valence-electron chi connectivity index (χ2n) is 6.70. The predicted octanol–water partition coefficient (Wildman–Crippen LogP) is 2.11. The van der Waals surface area contributed by atoms with Crippen LogP contribution in [-0.2, 0) is 24.3 Å². The van der Waals surface area contributed by atoms with Crippen LogP contribution in [0.2, 0.25) is 0 Å². The summed E-state index contributed by atoms with van der Waals surface area (Å²) in [5.41, 5.74) is 10.0. The van der Waals surface area contributed by atoms with Crippen LogP contribution in [0.4, 0.5) is 0 Å². The van der Waals surface area contributed by atoms with Crippen molar-refractivity contribution in [3.05, 3.63) is 65.4 Å². The Labute approximate surface area is 151 Å². The van der Waals surface area contributed by atoms with Gasteiger partial charge in [0.1, 0.15) is 0 Å². The van der Waals surface area contributed by atoms with E-state index in [-0.39, 0.29) is 11.8 Å². The van der Waals surface area contributed by atoms with Crippen LogP contribution in [0.5, 0.6) is 0 Å². The van der Waals surface area contributed by atoms with Gasteiger partial charge in [0.15, 0.2) is 0 Å². The molecule has 1 aliphatic rings. The van der Waals surface area contributed by atoms with Crippen molar-refractivity contribution in [1.29, 1.82) is 0 Å². The molecule has 6 nitrogen and oxygen atoms in total. The van der Waals surface area contributed by atoms with Gasteiger partial charge in [-0.25, -0.2) is 4.68 Å². The highest BCUT2D eigenvalue weighted by atomic mass is 16.2. The molecule has 0 radical (unpaired) electrons.